The molecule has 0 radical (unpaired) electrons. The smallest absolute Gasteiger partial charge is 0.207 e. The van der Waals surface area contributed by atoms with Crippen molar-refractivity contribution in [2.75, 3.05) is 0 Å². The predicted octanol–water partition coefficient (Wildman–Crippen LogP) is 5.57. The minimum Gasteiger partial charge on any atom is -0.444 e. The number of thiophene rings is 1. The number of para-hydroxylation sites is 1. The van der Waals surface area contributed by atoms with Gasteiger partial charge in [-0.2, -0.15) is 4.99 Å². The third-order valence-corrected chi connectivity index (χ3v) is 3.54. The summed E-state index contributed by atoms with van der Waals surface area (Å²) in [6, 6.07) is 9.94. The van der Waals surface area contributed by atoms with E-state index >= 15 is 0 Å². The topological polar surface area (TPSA) is 21.6 Å². The molecule has 4 heteroatoms. The Morgan fingerprint density at radius 2 is 1.95 bits per heavy atom. The van der Waals surface area contributed by atoms with Crippen LogP contribution in [0.2, 0.25) is 0 Å². The van der Waals surface area contributed by atoms with Gasteiger partial charge in [-0.1, -0.05) is 39.0 Å². The molecule has 2 rings (SSSR count). The van der Waals surface area contributed by atoms with Gasteiger partial charge in [-0.25, -0.2) is 0 Å². The highest BCUT2D eigenvalue weighted by atomic mass is 32.1. The number of hydrogen-bond acceptors (Lipinski definition) is 4. The van der Waals surface area contributed by atoms with Crippen molar-refractivity contribution in [1.82, 2.24) is 0 Å². The van der Waals surface area contributed by atoms with Gasteiger partial charge in [-0.3, -0.25) is 0 Å². The molecule has 1 aromatic heterocycles. The monoisotopic (exact) mass is 289 g/mol. The molecular formula is C15H15NOS2. The molecule has 19 heavy (non-hydrogen) atoms. The van der Waals surface area contributed by atoms with Crippen molar-refractivity contribution >= 4 is 34.4 Å². The zero-order valence-electron chi connectivity index (χ0n) is 11.1. The Morgan fingerprint density at radius 3 is 2.63 bits per heavy atom. The first-order valence-electron chi connectivity index (χ1n) is 5.95. The third kappa shape index (κ3) is 3.29. The summed E-state index contributed by atoms with van der Waals surface area (Å²) in [6.45, 7) is 6.50. The van der Waals surface area contributed by atoms with E-state index in [1.54, 1.807) is 0 Å². The van der Waals surface area contributed by atoms with Crippen LogP contribution in [0.1, 0.15) is 26.3 Å². The van der Waals surface area contributed by atoms with Gasteiger partial charge < -0.3 is 4.74 Å². The number of ether oxygens (including phenoxy) is 1. The quantitative estimate of drug-likeness (QED) is 0.544. The van der Waals surface area contributed by atoms with E-state index in [0.29, 0.717) is 0 Å². The Labute approximate surface area is 122 Å². The second-order valence-electron chi connectivity index (χ2n) is 5.14. The van der Waals surface area contributed by atoms with Crippen LogP contribution in [0.4, 0.5) is 5.69 Å². The molecule has 98 valence electrons. The van der Waals surface area contributed by atoms with Crippen LogP contribution in [-0.4, -0.2) is 5.16 Å². The maximum atomic E-state index is 6.00. The van der Waals surface area contributed by atoms with Crippen LogP contribution in [0.25, 0.3) is 0 Å². The first-order valence-corrected chi connectivity index (χ1v) is 7.24. The Hall–Kier alpha value is -1.48. The average molecular weight is 289 g/mol. The van der Waals surface area contributed by atoms with Crippen LogP contribution in [0.15, 0.2) is 40.7 Å². The van der Waals surface area contributed by atoms with Crippen molar-refractivity contribution < 1.29 is 4.74 Å². The SMILES string of the molecule is CC(C)(C)c1ccccc1Oc1sccc1N=C=S. The fourth-order valence-corrected chi connectivity index (χ4v) is 2.56. The van der Waals surface area contributed by atoms with E-state index in [2.05, 4.69) is 49.2 Å². The lowest BCUT2D eigenvalue weighted by atomic mass is 9.86. The molecule has 0 saturated heterocycles. The molecule has 0 saturated carbocycles. The number of nitrogens with zero attached hydrogens (tertiary/aromatic N) is 1. The lowest BCUT2D eigenvalue weighted by Crippen LogP contribution is -2.12. The maximum absolute atomic E-state index is 6.00. The van der Waals surface area contributed by atoms with Gasteiger partial charge in [-0.15, -0.1) is 11.3 Å². The number of hydrogen-bond donors (Lipinski definition) is 0. The Bertz CT molecular complexity index is 619. The summed E-state index contributed by atoms with van der Waals surface area (Å²) >= 11 is 6.14. The number of aliphatic imine (C=N–C) groups is 1. The zero-order valence-corrected chi connectivity index (χ0v) is 12.8. The lowest BCUT2D eigenvalue weighted by Gasteiger charge is -2.22. The zero-order chi connectivity index (χ0) is 13.9. The van der Waals surface area contributed by atoms with Gasteiger partial charge in [0.1, 0.15) is 11.4 Å². The van der Waals surface area contributed by atoms with Gasteiger partial charge in [0.25, 0.3) is 0 Å². The van der Waals surface area contributed by atoms with Crippen LogP contribution >= 0.6 is 23.6 Å². The first kappa shape index (κ1) is 13.9. The minimum atomic E-state index is 0.0292. The molecular weight excluding hydrogens is 274 g/mol. The van der Waals surface area contributed by atoms with E-state index < -0.39 is 0 Å². The molecule has 0 atom stereocenters. The number of rotatable bonds is 3. The predicted molar refractivity (Wildman–Crippen MR) is 84.2 cm³/mol. The Morgan fingerprint density at radius 1 is 1.21 bits per heavy atom. The molecule has 0 unspecified atom stereocenters. The normalized spacial score (nSPS) is 10.9. The van der Waals surface area contributed by atoms with Gasteiger partial charge in [-0.05, 0) is 35.1 Å². The molecule has 2 nitrogen and oxygen atoms in total. The second-order valence-corrected chi connectivity index (χ2v) is 6.21. The summed E-state index contributed by atoms with van der Waals surface area (Å²) in [5.74, 6) is 0.860. The number of benzene rings is 1. The highest BCUT2D eigenvalue weighted by Crippen LogP contribution is 2.40. The Kier molecular flexibility index (Phi) is 4.15. The molecule has 0 fully saturated rings. The average Bonchev–Trinajstić information content (AvgIpc) is 2.77. The standard InChI is InChI=1S/C15H15NOS2/c1-15(2,3)11-6-4-5-7-13(11)17-14-12(16-10-18)8-9-19-14/h4-9H,1-3H3. The molecule has 1 heterocycles. The van der Waals surface area contributed by atoms with Gasteiger partial charge in [0.05, 0.1) is 5.16 Å². The summed E-state index contributed by atoms with van der Waals surface area (Å²) in [5, 5.41) is 5.05. The fourth-order valence-electron chi connectivity index (χ4n) is 1.77. The van der Waals surface area contributed by atoms with E-state index in [9.17, 15) is 0 Å². The molecule has 0 bridgehead atoms. The molecule has 0 aliphatic heterocycles. The molecule has 0 amide bonds. The van der Waals surface area contributed by atoms with Crippen LogP contribution in [-0.2, 0) is 5.41 Å². The summed E-state index contributed by atoms with van der Waals surface area (Å²) in [7, 11) is 0. The summed E-state index contributed by atoms with van der Waals surface area (Å²) in [4.78, 5) is 4.00. The van der Waals surface area contributed by atoms with E-state index in [1.165, 1.54) is 16.9 Å². The molecule has 2 aromatic rings. The minimum absolute atomic E-state index is 0.0292. The van der Waals surface area contributed by atoms with Crippen molar-refractivity contribution in [2.24, 2.45) is 4.99 Å². The van der Waals surface area contributed by atoms with Crippen LogP contribution in [0.3, 0.4) is 0 Å². The van der Waals surface area contributed by atoms with Gasteiger partial charge >= 0.3 is 0 Å². The maximum Gasteiger partial charge on any atom is 0.207 e. The van der Waals surface area contributed by atoms with Crippen LogP contribution in [0, 0.1) is 0 Å². The summed E-state index contributed by atoms with van der Waals surface area (Å²) in [5.41, 5.74) is 1.92. The third-order valence-electron chi connectivity index (χ3n) is 2.67. The van der Waals surface area contributed by atoms with E-state index in [4.69, 9.17) is 4.74 Å². The highest BCUT2D eigenvalue weighted by molar-refractivity contribution is 7.78. The van der Waals surface area contributed by atoms with Gasteiger partial charge in [0, 0.05) is 5.56 Å². The molecule has 0 spiro atoms. The second kappa shape index (κ2) is 5.66. The Balaban J connectivity index is 2.39. The largest absolute Gasteiger partial charge is 0.444 e. The van der Waals surface area contributed by atoms with Crippen molar-refractivity contribution in [2.45, 2.75) is 26.2 Å². The fraction of sp³-hybridized carbons (Fsp3) is 0.267. The van der Waals surface area contributed by atoms with E-state index in [1.807, 2.05) is 29.6 Å². The highest BCUT2D eigenvalue weighted by Gasteiger charge is 2.19. The molecule has 1 aromatic carbocycles. The van der Waals surface area contributed by atoms with E-state index in [-0.39, 0.29) is 5.41 Å². The number of isothiocyanates is 1. The van der Waals surface area contributed by atoms with Crippen molar-refractivity contribution in [3.63, 3.8) is 0 Å². The van der Waals surface area contributed by atoms with Gasteiger partial charge in [0.15, 0.2) is 0 Å². The van der Waals surface area contributed by atoms with Crippen molar-refractivity contribution in [3.05, 3.63) is 41.3 Å². The van der Waals surface area contributed by atoms with Crippen LogP contribution in [0.5, 0.6) is 10.8 Å². The molecule has 0 aliphatic rings. The summed E-state index contributed by atoms with van der Waals surface area (Å²) < 4.78 is 6.00. The molecule has 0 aliphatic carbocycles. The first-order chi connectivity index (χ1) is 9.02. The van der Waals surface area contributed by atoms with Gasteiger partial charge in [0.2, 0.25) is 5.06 Å². The van der Waals surface area contributed by atoms with Crippen molar-refractivity contribution in [3.8, 4) is 10.8 Å². The van der Waals surface area contributed by atoms with Crippen molar-refractivity contribution in [1.29, 1.82) is 0 Å². The van der Waals surface area contributed by atoms with Crippen LogP contribution < -0.4 is 4.74 Å². The summed E-state index contributed by atoms with van der Waals surface area (Å²) in [6.07, 6.45) is 0. The lowest BCUT2D eigenvalue weighted by molar-refractivity contribution is 0.467. The van der Waals surface area contributed by atoms with E-state index in [0.717, 1.165) is 16.5 Å². The molecule has 0 N–H and O–H groups in total. The number of thiocarbonyl (C=S) groups is 1.